The average molecular weight is 255 g/mol. The lowest BCUT2D eigenvalue weighted by atomic mass is 10.2. The number of nitrogens with zero attached hydrogens (tertiary/aromatic N) is 1. The minimum Gasteiger partial charge on any atom is -0.456 e. The second kappa shape index (κ2) is 6.16. The van der Waals surface area contributed by atoms with Gasteiger partial charge in [-0.3, -0.25) is 4.98 Å². The first kappa shape index (κ1) is 13.3. The highest BCUT2D eigenvalue weighted by Gasteiger charge is 2.07. The van der Waals surface area contributed by atoms with E-state index < -0.39 is 0 Å². The van der Waals surface area contributed by atoms with Crippen LogP contribution in [-0.2, 0) is 6.61 Å². The van der Waals surface area contributed by atoms with Crippen LogP contribution in [0.3, 0.4) is 0 Å². The third kappa shape index (κ3) is 3.20. The zero-order valence-corrected chi connectivity index (χ0v) is 11.1. The number of rotatable bonds is 4. The van der Waals surface area contributed by atoms with Crippen LogP contribution in [0.25, 0.3) is 6.08 Å². The Morgan fingerprint density at radius 1 is 1.26 bits per heavy atom. The molecule has 1 heterocycles. The largest absolute Gasteiger partial charge is 0.456 e. The van der Waals surface area contributed by atoms with Crippen molar-refractivity contribution in [2.75, 3.05) is 0 Å². The second-order valence-electron chi connectivity index (χ2n) is 4.23. The fourth-order valence-electron chi connectivity index (χ4n) is 1.79. The lowest BCUT2D eigenvalue weighted by Gasteiger charge is -2.12. The molecule has 2 aromatic rings. The van der Waals surface area contributed by atoms with Crippen molar-refractivity contribution in [2.24, 2.45) is 0 Å². The molecule has 0 spiro atoms. The standard InChI is InChI=1S/C16H17NO2/c1-3-6-13-7-4-5-8-15(13)19-16-9-12(2)17-10-14(16)11-18/h3-10,18H,11H2,1-2H3/b6-3+. The molecule has 0 saturated heterocycles. The Bertz CT molecular complexity index is 591. The van der Waals surface area contributed by atoms with Gasteiger partial charge in [-0.2, -0.15) is 0 Å². The monoisotopic (exact) mass is 255 g/mol. The van der Waals surface area contributed by atoms with Crippen LogP contribution >= 0.6 is 0 Å². The van der Waals surface area contributed by atoms with Crippen LogP contribution in [0.15, 0.2) is 42.6 Å². The molecule has 0 bridgehead atoms. The van der Waals surface area contributed by atoms with Gasteiger partial charge in [0.05, 0.1) is 6.61 Å². The molecule has 0 aliphatic heterocycles. The number of allylic oxidation sites excluding steroid dienone is 1. The fourth-order valence-corrected chi connectivity index (χ4v) is 1.79. The first-order valence-corrected chi connectivity index (χ1v) is 6.20. The Balaban J connectivity index is 2.38. The van der Waals surface area contributed by atoms with Gasteiger partial charge < -0.3 is 9.84 Å². The number of ether oxygens (including phenoxy) is 1. The summed E-state index contributed by atoms with van der Waals surface area (Å²) < 4.78 is 5.91. The van der Waals surface area contributed by atoms with E-state index in [9.17, 15) is 5.11 Å². The Hall–Kier alpha value is -2.13. The molecule has 3 nitrogen and oxygen atoms in total. The van der Waals surface area contributed by atoms with Crippen LogP contribution in [0, 0.1) is 6.92 Å². The van der Waals surface area contributed by atoms with E-state index in [-0.39, 0.29) is 6.61 Å². The molecule has 0 aliphatic carbocycles. The normalized spacial score (nSPS) is 10.9. The van der Waals surface area contributed by atoms with Crippen molar-refractivity contribution in [3.8, 4) is 11.5 Å². The zero-order valence-electron chi connectivity index (χ0n) is 11.1. The molecule has 0 aliphatic rings. The molecule has 0 atom stereocenters. The van der Waals surface area contributed by atoms with E-state index in [0.717, 1.165) is 17.0 Å². The van der Waals surface area contributed by atoms with E-state index in [1.807, 2.05) is 56.3 Å². The maximum Gasteiger partial charge on any atom is 0.136 e. The summed E-state index contributed by atoms with van der Waals surface area (Å²) >= 11 is 0. The molecular formula is C16H17NO2. The van der Waals surface area contributed by atoms with Crippen LogP contribution in [0.2, 0.25) is 0 Å². The van der Waals surface area contributed by atoms with Crippen LogP contribution < -0.4 is 4.74 Å². The topological polar surface area (TPSA) is 42.4 Å². The van der Waals surface area contributed by atoms with Gasteiger partial charge in [-0.15, -0.1) is 0 Å². The molecule has 1 N–H and O–H groups in total. The number of hydrogen-bond acceptors (Lipinski definition) is 3. The molecule has 0 amide bonds. The van der Waals surface area contributed by atoms with Crippen molar-refractivity contribution in [1.29, 1.82) is 0 Å². The maximum absolute atomic E-state index is 9.33. The highest BCUT2D eigenvalue weighted by atomic mass is 16.5. The summed E-state index contributed by atoms with van der Waals surface area (Å²) in [5, 5.41) is 9.33. The first-order valence-electron chi connectivity index (χ1n) is 6.20. The third-order valence-electron chi connectivity index (χ3n) is 2.74. The summed E-state index contributed by atoms with van der Waals surface area (Å²) in [6.45, 7) is 3.77. The third-order valence-corrected chi connectivity index (χ3v) is 2.74. The van der Waals surface area contributed by atoms with Crippen molar-refractivity contribution in [1.82, 2.24) is 4.98 Å². The number of pyridine rings is 1. The number of aliphatic hydroxyl groups is 1. The summed E-state index contributed by atoms with van der Waals surface area (Å²) in [6, 6.07) is 9.62. The van der Waals surface area contributed by atoms with Gasteiger partial charge >= 0.3 is 0 Å². The molecule has 3 heteroatoms. The van der Waals surface area contributed by atoms with Crippen molar-refractivity contribution in [2.45, 2.75) is 20.5 Å². The van der Waals surface area contributed by atoms with Crippen LogP contribution in [-0.4, -0.2) is 10.1 Å². The second-order valence-corrected chi connectivity index (χ2v) is 4.23. The van der Waals surface area contributed by atoms with Crippen molar-refractivity contribution >= 4 is 6.08 Å². The predicted octanol–water partition coefficient (Wildman–Crippen LogP) is 3.71. The number of benzene rings is 1. The number of aryl methyl sites for hydroxylation is 1. The van der Waals surface area contributed by atoms with Gasteiger partial charge in [0.15, 0.2) is 0 Å². The fraction of sp³-hybridized carbons (Fsp3) is 0.188. The smallest absolute Gasteiger partial charge is 0.136 e. The van der Waals surface area contributed by atoms with Gasteiger partial charge in [-0.1, -0.05) is 30.4 Å². The van der Waals surface area contributed by atoms with Gasteiger partial charge in [-0.25, -0.2) is 0 Å². The summed E-state index contributed by atoms with van der Waals surface area (Å²) in [5.41, 5.74) is 2.54. The van der Waals surface area contributed by atoms with Gasteiger partial charge in [-0.05, 0) is 19.9 Å². The van der Waals surface area contributed by atoms with Crippen LogP contribution in [0.5, 0.6) is 11.5 Å². The minimum atomic E-state index is -0.0889. The van der Waals surface area contributed by atoms with E-state index in [1.54, 1.807) is 6.20 Å². The average Bonchev–Trinajstić information content (AvgIpc) is 2.42. The quantitative estimate of drug-likeness (QED) is 0.905. The van der Waals surface area contributed by atoms with Crippen molar-refractivity contribution in [3.63, 3.8) is 0 Å². The van der Waals surface area contributed by atoms with E-state index in [0.29, 0.717) is 11.3 Å². The predicted molar refractivity (Wildman–Crippen MR) is 76.1 cm³/mol. The van der Waals surface area contributed by atoms with E-state index >= 15 is 0 Å². The van der Waals surface area contributed by atoms with E-state index in [1.165, 1.54) is 0 Å². The van der Waals surface area contributed by atoms with Gasteiger partial charge in [0.25, 0.3) is 0 Å². The molecule has 19 heavy (non-hydrogen) atoms. The summed E-state index contributed by atoms with van der Waals surface area (Å²) in [6.07, 6.45) is 5.60. The van der Waals surface area contributed by atoms with Gasteiger partial charge in [0.2, 0.25) is 0 Å². The van der Waals surface area contributed by atoms with Gasteiger partial charge in [0, 0.05) is 29.1 Å². The SMILES string of the molecule is C/C=C/c1ccccc1Oc1cc(C)ncc1CO. The molecule has 2 rings (SSSR count). The van der Waals surface area contributed by atoms with Gasteiger partial charge in [0.1, 0.15) is 11.5 Å². The van der Waals surface area contributed by atoms with Crippen LogP contribution in [0.4, 0.5) is 0 Å². The van der Waals surface area contributed by atoms with E-state index in [2.05, 4.69) is 4.98 Å². The zero-order chi connectivity index (χ0) is 13.7. The molecule has 0 fully saturated rings. The van der Waals surface area contributed by atoms with Crippen molar-refractivity contribution in [3.05, 3.63) is 59.4 Å². The van der Waals surface area contributed by atoms with Crippen molar-refractivity contribution < 1.29 is 9.84 Å². The number of aliphatic hydroxyl groups excluding tert-OH is 1. The maximum atomic E-state index is 9.33. The number of para-hydroxylation sites is 1. The van der Waals surface area contributed by atoms with Crippen LogP contribution in [0.1, 0.15) is 23.7 Å². The highest BCUT2D eigenvalue weighted by Crippen LogP contribution is 2.29. The molecule has 0 unspecified atom stereocenters. The Morgan fingerprint density at radius 2 is 2.05 bits per heavy atom. The molecule has 1 aromatic heterocycles. The summed E-state index contributed by atoms with van der Waals surface area (Å²) in [4.78, 5) is 4.16. The number of hydrogen-bond donors (Lipinski definition) is 1. The molecular weight excluding hydrogens is 238 g/mol. The Kier molecular flexibility index (Phi) is 4.31. The lowest BCUT2D eigenvalue weighted by molar-refractivity contribution is 0.276. The Morgan fingerprint density at radius 3 is 2.79 bits per heavy atom. The summed E-state index contributed by atoms with van der Waals surface area (Å²) in [5.74, 6) is 1.41. The molecule has 98 valence electrons. The summed E-state index contributed by atoms with van der Waals surface area (Å²) in [7, 11) is 0. The van der Waals surface area contributed by atoms with E-state index in [4.69, 9.17) is 4.74 Å². The minimum absolute atomic E-state index is 0.0889. The molecule has 0 radical (unpaired) electrons. The lowest BCUT2D eigenvalue weighted by Crippen LogP contribution is -1.95. The molecule has 0 saturated carbocycles. The Labute approximate surface area is 113 Å². The molecule has 1 aromatic carbocycles. The highest BCUT2D eigenvalue weighted by molar-refractivity contribution is 5.58. The number of aromatic nitrogens is 1. The first-order chi connectivity index (χ1) is 9.24.